The minimum Gasteiger partial charge on any atom is -0.369 e. The molecule has 0 unspecified atom stereocenters. The molecular weight excluding hydrogens is 250 g/mol. The molecule has 1 aromatic carbocycles. The molecule has 0 fully saturated rings. The van der Waals surface area contributed by atoms with E-state index < -0.39 is 0 Å². The zero-order valence-corrected chi connectivity index (χ0v) is 11.9. The summed E-state index contributed by atoms with van der Waals surface area (Å²) in [4.78, 5) is 2.45. The highest BCUT2D eigenvalue weighted by molar-refractivity contribution is 5.56. The molecule has 1 aromatic heterocycles. The molecule has 2 N–H and O–H groups in total. The second kappa shape index (κ2) is 5.63. The molecule has 5 nitrogen and oxygen atoms in total. The Bertz CT molecular complexity index is 590. The smallest absolute Gasteiger partial charge is 0.0962 e. The van der Waals surface area contributed by atoms with Gasteiger partial charge in [0.2, 0.25) is 0 Å². The van der Waals surface area contributed by atoms with Gasteiger partial charge in [-0.1, -0.05) is 22.9 Å². The number of aryl methyl sites for hydroxylation is 2. The van der Waals surface area contributed by atoms with Crippen molar-refractivity contribution in [3.8, 4) is 0 Å². The quantitative estimate of drug-likeness (QED) is 0.915. The predicted molar refractivity (Wildman–Crippen MR) is 79.6 cm³/mol. The highest BCUT2D eigenvalue weighted by Crippen LogP contribution is 2.27. The number of anilines is 1. The molecule has 0 amide bonds. The molecule has 0 saturated heterocycles. The van der Waals surface area contributed by atoms with E-state index in [1.54, 1.807) is 0 Å². The largest absolute Gasteiger partial charge is 0.369 e. The fourth-order valence-corrected chi connectivity index (χ4v) is 2.80. The van der Waals surface area contributed by atoms with Crippen molar-refractivity contribution in [2.75, 3.05) is 18.0 Å². The van der Waals surface area contributed by atoms with Crippen LogP contribution in [0.25, 0.3) is 0 Å². The van der Waals surface area contributed by atoms with E-state index in [2.05, 4.69) is 40.3 Å². The van der Waals surface area contributed by atoms with E-state index in [1.165, 1.54) is 29.7 Å². The number of rotatable bonds is 4. The van der Waals surface area contributed by atoms with E-state index in [9.17, 15) is 0 Å². The van der Waals surface area contributed by atoms with Crippen LogP contribution in [0.2, 0.25) is 0 Å². The Labute approximate surface area is 119 Å². The summed E-state index contributed by atoms with van der Waals surface area (Å²) in [7, 11) is 0. The van der Waals surface area contributed by atoms with Crippen molar-refractivity contribution in [1.82, 2.24) is 15.0 Å². The van der Waals surface area contributed by atoms with Gasteiger partial charge in [-0.15, -0.1) is 5.10 Å². The minimum atomic E-state index is 0.450. The van der Waals surface area contributed by atoms with Crippen LogP contribution in [-0.2, 0) is 19.5 Å². The molecule has 2 heterocycles. The monoisotopic (exact) mass is 271 g/mol. The number of hydrogen-bond acceptors (Lipinski definition) is 4. The average molecular weight is 271 g/mol. The van der Waals surface area contributed by atoms with Gasteiger partial charge in [0.05, 0.1) is 12.2 Å². The van der Waals surface area contributed by atoms with Gasteiger partial charge in [-0.05, 0) is 31.4 Å². The summed E-state index contributed by atoms with van der Waals surface area (Å²) >= 11 is 0. The molecule has 106 valence electrons. The first-order chi connectivity index (χ1) is 9.76. The van der Waals surface area contributed by atoms with Crippen molar-refractivity contribution in [2.24, 2.45) is 5.73 Å². The second-order valence-electron chi connectivity index (χ2n) is 5.40. The van der Waals surface area contributed by atoms with Crippen molar-refractivity contribution < 1.29 is 0 Å². The molecule has 2 aromatic rings. The van der Waals surface area contributed by atoms with Crippen molar-refractivity contribution in [3.05, 3.63) is 41.2 Å². The molecule has 0 aliphatic carbocycles. The van der Waals surface area contributed by atoms with Gasteiger partial charge in [-0.3, -0.25) is 4.68 Å². The van der Waals surface area contributed by atoms with Gasteiger partial charge in [-0.2, -0.15) is 0 Å². The number of hydrogen-bond donors (Lipinski definition) is 1. The Morgan fingerprint density at radius 2 is 2.20 bits per heavy atom. The maximum Gasteiger partial charge on any atom is 0.0962 e. The summed E-state index contributed by atoms with van der Waals surface area (Å²) in [6.07, 6.45) is 4.34. The highest BCUT2D eigenvalue weighted by atomic mass is 15.4. The Balaban J connectivity index is 1.70. The van der Waals surface area contributed by atoms with Gasteiger partial charge in [0.1, 0.15) is 0 Å². The summed E-state index contributed by atoms with van der Waals surface area (Å²) in [6, 6.07) is 6.75. The Morgan fingerprint density at radius 3 is 3.00 bits per heavy atom. The molecule has 0 spiro atoms. The lowest BCUT2D eigenvalue weighted by molar-refractivity contribution is 0.562. The van der Waals surface area contributed by atoms with E-state index in [0.29, 0.717) is 6.54 Å². The van der Waals surface area contributed by atoms with Crippen LogP contribution >= 0.6 is 0 Å². The first-order valence-corrected chi connectivity index (χ1v) is 7.20. The van der Waals surface area contributed by atoms with Crippen molar-refractivity contribution in [3.63, 3.8) is 0 Å². The maximum atomic E-state index is 5.55. The molecule has 0 atom stereocenters. The van der Waals surface area contributed by atoms with Gasteiger partial charge in [0.15, 0.2) is 0 Å². The normalized spacial score (nSPS) is 14.4. The van der Waals surface area contributed by atoms with Crippen LogP contribution < -0.4 is 10.6 Å². The average Bonchev–Trinajstić information content (AvgIpc) is 2.92. The summed E-state index contributed by atoms with van der Waals surface area (Å²) < 4.78 is 1.88. The Hall–Kier alpha value is -1.88. The van der Waals surface area contributed by atoms with Crippen molar-refractivity contribution >= 4 is 5.69 Å². The van der Waals surface area contributed by atoms with E-state index in [1.807, 2.05) is 10.9 Å². The lowest BCUT2D eigenvalue weighted by Crippen LogP contribution is -2.32. The molecular formula is C15H21N5. The standard InChI is InChI=1S/C15H21N5/c1-12-4-5-15-13(9-12)3-2-6-19(15)7-8-20-11-14(10-16)17-18-20/h4-5,9,11H,2-3,6-8,10,16H2,1H3. The molecule has 1 aliphatic rings. The zero-order valence-electron chi connectivity index (χ0n) is 11.9. The Kier molecular flexibility index (Phi) is 3.69. The minimum absolute atomic E-state index is 0.450. The van der Waals surface area contributed by atoms with Crippen LogP contribution in [0, 0.1) is 6.92 Å². The number of fused-ring (bicyclic) bond motifs is 1. The van der Waals surface area contributed by atoms with E-state index in [4.69, 9.17) is 5.73 Å². The van der Waals surface area contributed by atoms with Crippen molar-refractivity contribution in [2.45, 2.75) is 32.9 Å². The molecule has 3 rings (SSSR count). The third-order valence-electron chi connectivity index (χ3n) is 3.84. The second-order valence-corrected chi connectivity index (χ2v) is 5.40. The van der Waals surface area contributed by atoms with Gasteiger partial charge in [0, 0.05) is 31.5 Å². The van der Waals surface area contributed by atoms with E-state index in [0.717, 1.165) is 25.3 Å². The fourth-order valence-electron chi connectivity index (χ4n) is 2.80. The number of benzene rings is 1. The fraction of sp³-hybridized carbons (Fsp3) is 0.467. The summed E-state index contributed by atoms with van der Waals surface area (Å²) in [5.74, 6) is 0. The third kappa shape index (κ3) is 2.67. The summed E-state index contributed by atoms with van der Waals surface area (Å²) in [5, 5.41) is 8.13. The third-order valence-corrected chi connectivity index (χ3v) is 3.84. The van der Waals surface area contributed by atoms with E-state index >= 15 is 0 Å². The van der Waals surface area contributed by atoms with Crippen LogP contribution in [0.1, 0.15) is 23.2 Å². The number of nitrogens with two attached hydrogens (primary N) is 1. The Morgan fingerprint density at radius 1 is 1.30 bits per heavy atom. The molecule has 0 radical (unpaired) electrons. The highest BCUT2D eigenvalue weighted by Gasteiger charge is 2.16. The van der Waals surface area contributed by atoms with Gasteiger partial charge in [-0.25, -0.2) is 0 Å². The maximum absolute atomic E-state index is 5.55. The molecule has 0 bridgehead atoms. The summed E-state index contributed by atoms with van der Waals surface area (Å²) in [6.45, 7) is 5.53. The van der Waals surface area contributed by atoms with Crippen LogP contribution in [-0.4, -0.2) is 28.1 Å². The van der Waals surface area contributed by atoms with Gasteiger partial charge >= 0.3 is 0 Å². The molecule has 20 heavy (non-hydrogen) atoms. The first-order valence-electron chi connectivity index (χ1n) is 7.20. The first kappa shape index (κ1) is 13.1. The molecule has 5 heteroatoms. The lowest BCUT2D eigenvalue weighted by atomic mass is 10.00. The van der Waals surface area contributed by atoms with Gasteiger partial charge in [0.25, 0.3) is 0 Å². The topological polar surface area (TPSA) is 60.0 Å². The van der Waals surface area contributed by atoms with E-state index in [-0.39, 0.29) is 0 Å². The molecule has 0 saturated carbocycles. The lowest BCUT2D eigenvalue weighted by Gasteiger charge is -2.31. The molecule has 1 aliphatic heterocycles. The van der Waals surface area contributed by atoms with Crippen LogP contribution in [0.15, 0.2) is 24.4 Å². The van der Waals surface area contributed by atoms with Crippen LogP contribution in [0.5, 0.6) is 0 Å². The van der Waals surface area contributed by atoms with Crippen molar-refractivity contribution in [1.29, 1.82) is 0 Å². The zero-order chi connectivity index (χ0) is 13.9. The summed E-state index contributed by atoms with van der Waals surface area (Å²) in [5.41, 5.74) is 10.6. The van der Waals surface area contributed by atoms with Crippen LogP contribution in [0.3, 0.4) is 0 Å². The number of nitrogens with zero attached hydrogens (tertiary/aromatic N) is 4. The number of aromatic nitrogens is 3. The SMILES string of the molecule is Cc1ccc2c(c1)CCCN2CCn1cc(CN)nn1. The van der Waals surface area contributed by atoms with Gasteiger partial charge < -0.3 is 10.6 Å². The predicted octanol–water partition coefficient (Wildman–Crippen LogP) is 1.50. The van der Waals surface area contributed by atoms with Crippen LogP contribution in [0.4, 0.5) is 5.69 Å².